The summed E-state index contributed by atoms with van der Waals surface area (Å²) >= 11 is 0. The first-order valence-corrected chi connectivity index (χ1v) is 8.12. The molecule has 4 heteroatoms. The van der Waals surface area contributed by atoms with Crippen molar-refractivity contribution in [2.24, 2.45) is 0 Å². The molecule has 2 aromatic carbocycles. The summed E-state index contributed by atoms with van der Waals surface area (Å²) in [5, 5.41) is 8.92. The molecule has 0 aliphatic rings. The van der Waals surface area contributed by atoms with E-state index >= 15 is 0 Å². The normalized spacial score (nSPS) is 11.8. The molecule has 126 valence electrons. The zero-order valence-electron chi connectivity index (χ0n) is 14.1. The third-order valence-corrected chi connectivity index (χ3v) is 4.23. The molecule has 4 nitrogen and oxygen atoms in total. The van der Waals surface area contributed by atoms with E-state index in [-0.39, 0.29) is 17.4 Å². The van der Waals surface area contributed by atoms with E-state index in [1.807, 2.05) is 18.2 Å². The lowest BCUT2D eigenvalue weighted by Gasteiger charge is -2.21. The molecular formula is C20H23NO3. The molecule has 0 bridgehead atoms. The summed E-state index contributed by atoms with van der Waals surface area (Å²) in [5.41, 5.74) is 2.36. The Bertz CT molecular complexity index is 680. The van der Waals surface area contributed by atoms with E-state index in [2.05, 4.69) is 19.1 Å². The number of nitrogens with zero attached hydrogens (tertiary/aromatic N) is 1. The van der Waals surface area contributed by atoms with Gasteiger partial charge in [-0.05, 0) is 35.6 Å². The van der Waals surface area contributed by atoms with Crippen LogP contribution >= 0.6 is 0 Å². The zero-order valence-corrected chi connectivity index (χ0v) is 14.1. The van der Waals surface area contributed by atoms with Gasteiger partial charge in [-0.1, -0.05) is 49.4 Å². The summed E-state index contributed by atoms with van der Waals surface area (Å²) in [7, 11) is 1.78. The molecule has 0 aromatic heterocycles. The van der Waals surface area contributed by atoms with Gasteiger partial charge in [-0.2, -0.15) is 0 Å². The van der Waals surface area contributed by atoms with E-state index in [1.54, 1.807) is 36.2 Å². The highest BCUT2D eigenvalue weighted by atomic mass is 16.4. The molecule has 2 aromatic rings. The van der Waals surface area contributed by atoms with Crippen molar-refractivity contribution >= 4 is 11.9 Å². The van der Waals surface area contributed by atoms with E-state index in [0.717, 1.165) is 12.0 Å². The van der Waals surface area contributed by atoms with Gasteiger partial charge in [0.1, 0.15) is 0 Å². The van der Waals surface area contributed by atoms with Crippen LogP contribution in [0.5, 0.6) is 0 Å². The number of hydrogen-bond donors (Lipinski definition) is 1. The fourth-order valence-electron chi connectivity index (χ4n) is 2.70. The van der Waals surface area contributed by atoms with Crippen LogP contribution < -0.4 is 0 Å². The average molecular weight is 325 g/mol. The number of carboxylic acids is 1. The summed E-state index contributed by atoms with van der Waals surface area (Å²) < 4.78 is 0. The molecule has 1 atom stereocenters. The van der Waals surface area contributed by atoms with E-state index in [4.69, 9.17) is 5.11 Å². The van der Waals surface area contributed by atoms with Crippen molar-refractivity contribution in [2.45, 2.75) is 32.2 Å². The van der Waals surface area contributed by atoms with Gasteiger partial charge in [0.05, 0.1) is 5.56 Å². The van der Waals surface area contributed by atoms with Gasteiger partial charge in [0.2, 0.25) is 5.91 Å². The second kappa shape index (κ2) is 8.29. The molecule has 24 heavy (non-hydrogen) atoms. The topological polar surface area (TPSA) is 57.6 Å². The third-order valence-electron chi connectivity index (χ3n) is 4.23. The number of carboxylic acid groups (broad SMARTS) is 1. The van der Waals surface area contributed by atoms with Gasteiger partial charge in [0, 0.05) is 20.0 Å². The maximum Gasteiger partial charge on any atom is 0.335 e. The third kappa shape index (κ3) is 4.69. The summed E-state index contributed by atoms with van der Waals surface area (Å²) in [4.78, 5) is 25.1. The van der Waals surface area contributed by atoms with Crippen LogP contribution in [0.25, 0.3) is 0 Å². The molecule has 0 saturated carbocycles. The maximum atomic E-state index is 12.5. The molecule has 1 amide bonds. The summed E-state index contributed by atoms with van der Waals surface area (Å²) in [5.74, 6) is -0.636. The van der Waals surface area contributed by atoms with E-state index < -0.39 is 5.97 Å². The monoisotopic (exact) mass is 325 g/mol. The minimum Gasteiger partial charge on any atom is -0.478 e. The Kier molecular flexibility index (Phi) is 6.13. The van der Waals surface area contributed by atoms with Crippen LogP contribution in [0.15, 0.2) is 54.6 Å². The van der Waals surface area contributed by atoms with Gasteiger partial charge in [-0.3, -0.25) is 4.79 Å². The Morgan fingerprint density at radius 3 is 2.21 bits per heavy atom. The fraction of sp³-hybridized carbons (Fsp3) is 0.300. The number of carbonyl (C=O) groups is 2. The van der Waals surface area contributed by atoms with Gasteiger partial charge in [0.25, 0.3) is 0 Å². The van der Waals surface area contributed by atoms with Crippen molar-refractivity contribution in [1.82, 2.24) is 4.90 Å². The highest BCUT2D eigenvalue weighted by Crippen LogP contribution is 2.24. The number of hydrogen-bond acceptors (Lipinski definition) is 2. The largest absolute Gasteiger partial charge is 0.478 e. The van der Waals surface area contributed by atoms with Crippen molar-refractivity contribution < 1.29 is 14.7 Å². The number of carbonyl (C=O) groups excluding carboxylic acids is 1. The van der Waals surface area contributed by atoms with Crippen LogP contribution in [0.4, 0.5) is 0 Å². The van der Waals surface area contributed by atoms with E-state index in [1.165, 1.54) is 5.56 Å². The number of amides is 1. The molecular weight excluding hydrogens is 302 g/mol. The standard InChI is InChI=1S/C20H23NO3/c1-3-16(17-7-5-4-6-8-17)13-19(22)21(2)14-15-9-11-18(12-10-15)20(23)24/h4-12,16H,3,13-14H2,1-2H3,(H,23,24). The first-order valence-electron chi connectivity index (χ1n) is 8.12. The molecule has 0 heterocycles. The first kappa shape index (κ1) is 17.7. The lowest BCUT2D eigenvalue weighted by atomic mass is 9.93. The molecule has 0 fully saturated rings. The van der Waals surface area contributed by atoms with Crippen LogP contribution in [-0.2, 0) is 11.3 Å². The van der Waals surface area contributed by atoms with Crippen LogP contribution in [0, 0.1) is 0 Å². The van der Waals surface area contributed by atoms with Gasteiger partial charge in [-0.25, -0.2) is 4.79 Å². The van der Waals surface area contributed by atoms with Crippen molar-refractivity contribution in [1.29, 1.82) is 0 Å². The van der Waals surface area contributed by atoms with Crippen molar-refractivity contribution in [3.63, 3.8) is 0 Å². The molecule has 0 radical (unpaired) electrons. The minimum atomic E-state index is -0.945. The van der Waals surface area contributed by atoms with E-state index in [0.29, 0.717) is 13.0 Å². The molecule has 0 saturated heterocycles. The Labute approximate surface area is 142 Å². The first-order chi connectivity index (χ1) is 11.5. The predicted molar refractivity (Wildman–Crippen MR) is 94.0 cm³/mol. The average Bonchev–Trinajstić information content (AvgIpc) is 2.60. The fourth-order valence-corrected chi connectivity index (χ4v) is 2.70. The predicted octanol–water partition coefficient (Wildman–Crippen LogP) is 3.93. The Balaban J connectivity index is 1.97. The molecule has 1 N–H and O–H groups in total. The summed E-state index contributed by atoms with van der Waals surface area (Å²) in [6, 6.07) is 16.7. The van der Waals surface area contributed by atoms with Crippen molar-refractivity contribution in [2.75, 3.05) is 7.05 Å². The minimum absolute atomic E-state index is 0.0908. The lowest BCUT2D eigenvalue weighted by Crippen LogP contribution is -2.27. The summed E-state index contributed by atoms with van der Waals surface area (Å²) in [6.07, 6.45) is 1.39. The van der Waals surface area contributed by atoms with E-state index in [9.17, 15) is 9.59 Å². The molecule has 2 rings (SSSR count). The summed E-state index contributed by atoms with van der Waals surface area (Å²) in [6.45, 7) is 2.57. The van der Waals surface area contributed by atoms with Crippen molar-refractivity contribution in [3.8, 4) is 0 Å². The number of rotatable bonds is 7. The molecule has 1 unspecified atom stereocenters. The Hall–Kier alpha value is -2.62. The van der Waals surface area contributed by atoms with Gasteiger partial charge in [0.15, 0.2) is 0 Å². The van der Waals surface area contributed by atoms with Crippen LogP contribution in [0.3, 0.4) is 0 Å². The van der Waals surface area contributed by atoms with Crippen LogP contribution in [0.2, 0.25) is 0 Å². The highest BCUT2D eigenvalue weighted by Gasteiger charge is 2.17. The Morgan fingerprint density at radius 2 is 1.67 bits per heavy atom. The molecule has 0 aliphatic heterocycles. The second-order valence-electron chi connectivity index (χ2n) is 5.97. The Morgan fingerprint density at radius 1 is 1.04 bits per heavy atom. The zero-order chi connectivity index (χ0) is 17.5. The lowest BCUT2D eigenvalue weighted by molar-refractivity contribution is -0.130. The molecule has 0 aliphatic carbocycles. The van der Waals surface area contributed by atoms with Gasteiger partial charge >= 0.3 is 5.97 Å². The number of benzene rings is 2. The highest BCUT2D eigenvalue weighted by molar-refractivity contribution is 5.87. The molecule has 0 spiro atoms. The van der Waals surface area contributed by atoms with Gasteiger partial charge in [-0.15, -0.1) is 0 Å². The SMILES string of the molecule is CCC(CC(=O)N(C)Cc1ccc(C(=O)O)cc1)c1ccccc1. The second-order valence-corrected chi connectivity index (χ2v) is 5.97. The number of aromatic carboxylic acids is 1. The quantitative estimate of drug-likeness (QED) is 0.839. The van der Waals surface area contributed by atoms with Crippen LogP contribution in [-0.4, -0.2) is 28.9 Å². The maximum absolute atomic E-state index is 12.5. The van der Waals surface area contributed by atoms with Crippen LogP contribution in [0.1, 0.15) is 47.2 Å². The smallest absolute Gasteiger partial charge is 0.335 e. The van der Waals surface area contributed by atoms with Gasteiger partial charge < -0.3 is 10.0 Å². The van der Waals surface area contributed by atoms with Crippen molar-refractivity contribution in [3.05, 3.63) is 71.3 Å².